The fourth-order valence-corrected chi connectivity index (χ4v) is 3.59. The first-order chi connectivity index (χ1) is 11.8. The average Bonchev–Trinajstić information content (AvgIpc) is 2.60. The zero-order valence-electron chi connectivity index (χ0n) is 13.7. The Morgan fingerprint density at radius 1 is 1.08 bits per heavy atom. The minimum Gasteiger partial charge on any atom is -0.497 e. The number of Topliss-reactive ketones (excluding diaryl/α,β-unsaturated/α-hetero) is 1. The second-order valence-electron chi connectivity index (χ2n) is 5.03. The number of methoxy groups -OCH3 is 1. The number of benzene rings is 2. The highest BCUT2D eigenvalue weighted by Crippen LogP contribution is 2.23. The summed E-state index contributed by atoms with van der Waals surface area (Å²) < 4.78 is 32.5. The molecule has 0 saturated heterocycles. The van der Waals surface area contributed by atoms with Crippen molar-refractivity contribution in [3.63, 3.8) is 0 Å². The van der Waals surface area contributed by atoms with Crippen LogP contribution in [0.5, 0.6) is 5.75 Å². The topological polar surface area (TPSA) is 89.5 Å². The molecule has 25 heavy (non-hydrogen) atoms. The Balaban J connectivity index is 2.26. The van der Waals surface area contributed by atoms with E-state index in [4.69, 9.17) is 4.74 Å². The number of rotatable bonds is 7. The standard InChI is InChI=1S/C17H17NO5S2/c1-12(19)24-11-17(20)15-5-3-4-6-16(15)18-25(21,22)14-9-7-13(23-2)8-10-14/h3-10,18H,11H2,1-2H3. The first kappa shape index (κ1) is 19.0. The van der Waals surface area contributed by atoms with E-state index in [-0.39, 0.29) is 32.8 Å². The summed E-state index contributed by atoms with van der Waals surface area (Å²) in [7, 11) is -2.37. The predicted octanol–water partition coefficient (Wildman–Crippen LogP) is 2.96. The first-order valence-electron chi connectivity index (χ1n) is 7.26. The van der Waals surface area contributed by atoms with E-state index >= 15 is 0 Å². The molecule has 0 saturated carbocycles. The van der Waals surface area contributed by atoms with Gasteiger partial charge in [-0.1, -0.05) is 23.9 Å². The number of para-hydroxylation sites is 1. The molecule has 0 atom stereocenters. The van der Waals surface area contributed by atoms with Crippen LogP contribution < -0.4 is 9.46 Å². The molecule has 2 aromatic carbocycles. The fourth-order valence-electron chi connectivity index (χ4n) is 2.02. The maximum atomic E-state index is 12.5. The van der Waals surface area contributed by atoms with Crippen LogP contribution in [0.25, 0.3) is 0 Å². The number of hydrogen-bond donors (Lipinski definition) is 1. The zero-order chi connectivity index (χ0) is 18.4. The Morgan fingerprint density at radius 3 is 2.32 bits per heavy atom. The summed E-state index contributed by atoms with van der Waals surface area (Å²) in [5, 5.41) is -0.176. The predicted molar refractivity (Wildman–Crippen MR) is 97.7 cm³/mol. The molecule has 0 fully saturated rings. The molecule has 0 aromatic heterocycles. The lowest BCUT2D eigenvalue weighted by Gasteiger charge is -2.12. The van der Waals surface area contributed by atoms with Gasteiger partial charge in [0.05, 0.1) is 23.4 Å². The highest BCUT2D eigenvalue weighted by atomic mass is 32.2. The van der Waals surface area contributed by atoms with E-state index in [1.807, 2.05) is 0 Å². The molecule has 132 valence electrons. The first-order valence-corrected chi connectivity index (χ1v) is 9.73. The van der Waals surface area contributed by atoms with Gasteiger partial charge in [-0.3, -0.25) is 14.3 Å². The molecule has 2 rings (SSSR count). The van der Waals surface area contributed by atoms with Crippen LogP contribution in [0.15, 0.2) is 53.4 Å². The van der Waals surface area contributed by atoms with Crippen molar-refractivity contribution < 1.29 is 22.7 Å². The number of sulfonamides is 1. The highest BCUT2D eigenvalue weighted by molar-refractivity contribution is 8.14. The minimum atomic E-state index is -3.86. The molecule has 2 aromatic rings. The normalized spacial score (nSPS) is 11.0. The largest absolute Gasteiger partial charge is 0.497 e. The van der Waals surface area contributed by atoms with Gasteiger partial charge in [0.15, 0.2) is 10.9 Å². The third-order valence-electron chi connectivity index (χ3n) is 3.25. The highest BCUT2D eigenvalue weighted by Gasteiger charge is 2.19. The molecule has 6 nitrogen and oxygen atoms in total. The Hall–Kier alpha value is -2.32. The number of ether oxygens (including phenoxy) is 1. The van der Waals surface area contributed by atoms with Crippen LogP contribution in [0.1, 0.15) is 17.3 Å². The average molecular weight is 379 g/mol. The van der Waals surface area contributed by atoms with E-state index < -0.39 is 10.0 Å². The van der Waals surface area contributed by atoms with Crippen molar-refractivity contribution in [3.8, 4) is 5.75 Å². The van der Waals surface area contributed by atoms with Gasteiger partial charge in [0, 0.05) is 12.5 Å². The van der Waals surface area contributed by atoms with Crippen LogP contribution >= 0.6 is 11.8 Å². The minimum absolute atomic E-state index is 0.0450. The molecule has 0 heterocycles. The molecule has 1 N–H and O–H groups in total. The molecular weight excluding hydrogens is 362 g/mol. The monoisotopic (exact) mass is 379 g/mol. The van der Waals surface area contributed by atoms with Gasteiger partial charge in [0.2, 0.25) is 0 Å². The van der Waals surface area contributed by atoms with Crippen molar-refractivity contribution in [3.05, 3.63) is 54.1 Å². The van der Waals surface area contributed by atoms with Crippen molar-refractivity contribution >= 4 is 38.4 Å². The van der Waals surface area contributed by atoms with Crippen molar-refractivity contribution in [2.45, 2.75) is 11.8 Å². The molecule has 0 radical (unpaired) electrons. The maximum absolute atomic E-state index is 12.5. The molecular formula is C17H17NO5S2. The van der Waals surface area contributed by atoms with Crippen LogP contribution in [0, 0.1) is 0 Å². The Kier molecular flexibility index (Phi) is 6.22. The maximum Gasteiger partial charge on any atom is 0.261 e. The number of nitrogens with one attached hydrogen (secondary N) is 1. The zero-order valence-corrected chi connectivity index (χ0v) is 15.3. The molecule has 0 unspecified atom stereocenters. The number of thioether (sulfide) groups is 1. The second kappa shape index (κ2) is 8.17. The molecule has 0 aliphatic heterocycles. The SMILES string of the molecule is COc1ccc(S(=O)(=O)Nc2ccccc2C(=O)CSC(C)=O)cc1. The van der Waals surface area contributed by atoms with Gasteiger partial charge in [-0.15, -0.1) is 0 Å². The molecule has 0 spiro atoms. The van der Waals surface area contributed by atoms with Gasteiger partial charge in [-0.25, -0.2) is 8.42 Å². The van der Waals surface area contributed by atoms with Crippen molar-refractivity contribution in [1.29, 1.82) is 0 Å². The van der Waals surface area contributed by atoms with Gasteiger partial charge < -0.3 is 4.74 Å². The Labute approximate surface area is 150 Å². The lowest BCUT2D eigenvalue weighted by molar-refractivity contribution is -0.109. The summed E-state index contributed by atoms with van der Waals surface area (Å²) in [5.74, 6) is 0.167. The summed E-state index contributed by atoms with van der Waals surface area (Å²) >= 11 is 0.882. The second-order valence-corrected chi connectivity index (χ2v) is 7.86. The number of anilines is 1. The van der Waals surface area contributed by atoms with Gasteiger partial charge in [0.25, 0.3) is 10.0 Å². The van der Waals surface area contributed by atoms with Gasteiger partial charge in [0.1, 0.15) is 5.75 Å². The van der Waals surface area contributed by atoms with Crippen LogP contribution in [0.3, 0.4) is 0 Å². The third-order valence-corrected chi connectivity index (χ3v) is 5.44. The Morgan fingerprint density at radius 2 is 1.72 bits per heavy atom. The van der Waals surface area contributed by atoms with Crippen LogP contribution in [-0.4, -0.2) is 32.2 Å². The van der Waals surface area contributed by atoms with E-state index in [2.05, 4.69) is 4.72 Å². The molecule has 0 bridgehead atoms. The van der Waals surface area contributed by atoms with Crippen LogP contribution in [0.2, 0.25) is 0 Å². The van der Waals surface area contributed by atoms with E-state index in [9.17, 15) is 18.0 Å². The quantitative estimate of drug-likeness (QED) is 0.744. The van der Waals surface area contributed by atoms with E-state index in [0.717, 1.165) is 11.8 Å². The van der Waals surface area contributed by atoms with Crippen molar-refractivity contribution in [2.24, 2.45) is 0 Å². The summed E-state index contributed by atoms with van der Waals surface area (Å²) in [6, 6.07) is 12.2. The third kappa shape index (κ3) is 5.07. The molecule has 0 aliphatic rings. The lowest BCUT2D eigenvalue weighted by atomic mass is 10.1. The molecule has 0 aliphatic carbocycles. The molecule has 8 heteroatoms. The number of ketones is 1. The van der Waals surface area contributed by atoms with Gasteiger partial charge >= 0.3 is 0 Å². The lowest BCUT2D eigenvalue weighted by Crippen LogP contribution is -2.16. The summed E-state index contributed by atoms with van der Waals surface area (Å²) in [6.45, 7) is 1.37. The fraction of sp³-hybridized carbons (Fsp3) is 0.176. The number of carbonyl (C=O) groups excluding carboxylic acids is 2. The van der Waals surface area contributed by atoms with E-state index in [1.54, 1.807) is 12.1 Å². The number of carbonyl (C=O) groups is 2. The summed E-state index contributed by atoms with van der Waals surface area (Å²) in [4.78, 5) is 23.3. The Bertz CT molecular complexity index is 876. The summed E-state index contributed by atoms with van der Waals surface area (Å²) in [6.07, 6.45) is 0. The summed E-state index contributed by atoms with van der Waals surface area (Å²) in [5.41, 5.74) is 0.390. The van der Waals surface area contributed by atoms with Crippen molar-refractivity contribution in [1.82, 2.24) is 0 Å². The van der Waals surface area contributed by atoms with Crippen LogP contribution in [-0.2, 0) is 14.8 Å². The van der Waals surface area contributed by atoms with Gasteiger partial charge in [-0.2, -0.15) is 0 Å². The van der Waals surface area contributed by atoms with Crippen LogP contribution in [0.4, 0.5) is 5.69 Å². The number of hydrogen-bond acceptors (Lipinski definition) is 6. The van der Waals surface area contributed by atoms with Gasteiger partial charge in [-0.05, 0) is 36.4 Å². The van der Waals surface area contributed by atoms with Crippen molar-refractivity contribution in [2.75, 3.05) is 17.6 Å². The molecule has 0 amide bonds. The van der Waals surface area contributed by atoms with E-state index in [1.165, 1.54) is 50.4 Å². The van der Waals surface area contributed by atoms with E-state index in [0.29, 0.717) is 5.75 Å². The smallest absolute Gasteiger partial charge is 0.261 e.